The van der Waals surface area contributed by atoms with Crippen molar-refractivity contribution in [2.45, 2.75) is 42.4 Å². The molecule has 0 aromatic heterocycles. The van der Waals surface area contributed by atoms with Crippen molar-refractivity contribution in [1.82, 2.24) is 0 Å². The second-order valence-corrected chi connectivity index (χ2v) is 7.90. The van der Waals surface area contributed by atoms with Crippen molar-refractivity contribution >= 4 is 21.4 Å². The first kappa shape index (κ1) is 20.4. The number of nitrogens with zero attached hydrogens (tertiary/aromatic N) is 1. The molecule has 0 aliphatic heterocycles. The van der Waals surface area contributed by atoms with E-state index in [1.165, 1.54) is 6.07 Å². The van der Waals surface area contributed by atoms with Crippen LogP contribution in [0.5, 0.6) is 0 Å². The van der Waals surface area contributed by atoms with E-state index in [0.717, 1.165) is 12.1 Å². The second kappa shape index (κ2) is 7.00. The van der Waals surface area contributed by atoms with Crippen LogP contribution in [0, 0.1) is 16.0 Å². The molecule has 0 bridgehead atoms. The second-order valence-electron chi connectivity index (χ2n) is 6.33. The highest BCUT2D eigenvalue weighted by atomic mass is 32.2. The molecule has 26 heavy (non-hydrogen) atoms. The van der Waals surface area contributed by atoms with Crippen LogP contribution in [0.25, 0.3) is 0 Å². The van der Waals surface area contributed by atoms with Crippen molar-refractivity contribution in [3.63, 3.8) is 0 Å². The van der Waals surface area contributed by atoms with Gasteiger partial charge in [-0.3, -0.25) is 10.1 Å². The van der Waals surface area contributed by atoms with Gasteiger partial charge in [-0.25, -0.2) is 13.6 Å². The van der Waals surface area contributed by atoms with Crippen molar-refractivity contribution in [2.24, 2.45) is 11.1 Å². The predicted molar refractivity (Wildman–Crippen MR) is 85.9 cm³/mol. The van der Waals surface area contributed by atoms with Crippen LogP contribution in [0.4, 0.5) is 24.5 Å². The topological polar surface area (TPSA) is 136 Å². The summed E-state index contributed by atoms with van der Waals surface area (Å²) >= 11 is 0. The highest BCUT2D eigenvalue weighted by Crippen LogP contribution is 2.43. The summed E-state index contributed by atoms with van der Waals surface area (Å²) in [5, 5.41) is 28.5. The van der Waals surface area contributed by atoms with Gasteiger partial charge in [-0.2, -0.15) is 13.2 Å². The average molecular weight is 397 g/mol. The molecule has 1 aliphatic rings. The molecule has 8 nitrogen and oxygen atoms in total. The van der Waals surface area contributed by atoms with Gasteiger partial charge in [-0.1, -0.05) is 0 Å². The molecular formula is C14H18F3N3O5S. The lowest BCUT2D eigenvalue weighted by Gasteiger charge is -2.37. The van der Waals surface area contributed by atoms with E-state index in [1.54, 1.807) is 0 Å². The summed E-state index contributed by atoms with van der Waals surface area (Å²) in [5.41, 5.74) is -3.15. The Morgan fingerprint density at radius 3 is 2.38 bits per heavy atom. The van der Waals surface area contributed by atoms with Gasteiger partial charge in [-0.05, 0) is 43.7 Å². The van der Waals surface area contributed by atoms with E-state index in [-0.39, 0.29) is 31.0 Å². The van der Waals surface area contributed by atoms with Crippen LogP contribution in [0.3, 0.4) is 0 Å². The van der Waals surface area contributed by atoms with Gasteiger partial charge in [-0.15, -0.1) is 0 Å². The molecule has 1 aromatic carbocycles. The number of aliphatic hydroxyl groups is 1. The number of nitrogens with one attached hydrogen (secondary N) is 1. The van der Waals surface area contributed by atoms with Crippen LogP contribution in [0.2, 0.25) is 0 Å². The third-order valence-corrected chi connectivity index (χ3v) is 5.45. The highest BCUT2D eigenvalue weighted by molar-refractivity contribution is 7.89. The Morgan fingerprint density at radius 1 is 1.35 bits per heavy atom. The van der Waals surface area contributed by atoms with Gasteiger partial charge in [0.05, 0.1) is 9.82 Å². The molecule has 1 fully saturated rings. The first-order valence-corrected chi connectivity index (χ1v) is 9.22. The molecule has 0 amide bonds. The van der Waals surface area contributed by atoms with Crippen LogP contribution in [-0.2, 0) is 10.0 Å². The minimum absolute atomic E-state index is 0.0408. The summed E-state index contributed by atoms with van der Waals surface area (Å²) in [6.07, 6.45) is -5.35. The van der Waals surface area contributed by atoms with Crippen molar-refractivity contribution in [2.75, 3.05) is 11.9 Å². The number of anilines is 1. The molecule has 0 unspecified atom stereocenters. The number of nitro groups is 1. The molecule has 1 saturated carbocycles. The van der Waals surface area contributed by atoms with Crippen LogP contribution in [-0.4, -0.2) is 36.8 Å². The van der Waals surface area contributed by atoms with Crippen molar-refractivity contribution in [3.05, 3.63) is 28.3 Å². The summed E-state index contributed by atoms with van der Waals surface area (Å²) < 4.78 is 60.9. The van der Waals surface area contributed by atoms with E-state index in [0.29, 0.717) is 0 Å². The van der Waals surface area contributed by atoms with Gasteiger partial charge in [0.25, 0.3) is 5.69 Å². The normalized spacial score (nSPS) is 24.3. The zero-order chi connectivity index (χ0) is 19.8. The van der Waals surface area contributed by atoms with E-state index in [1.807, 2.05) is 0 Å². The lowest BCUT2D eigenvalue weighted by molar-refractivity contribution is -0.384. The fourth-order valence-electron chi connectivity index (χ4n) is 2.89. The van der Waals surface area contributed by atoms with Gasteiger partial charge in [0, 0.05) is 12.6 Å². The fourth-order valence-corrected chi connectivity index (χ4v) is 3.42. The Hall–Kier alpha value is -1.92. The van der Waals surface area contributed by atoms with Crippen molar-refractivity contribution in [3.8, 4) is 0 Å². The Labute approximate surface area is 147 Å². The number of rotatable bonds is 5. The molecule has 4 N–H and O–H groups in total. The average Bonchev–Trinajstić information content (AvgIpc) is 2.52. The lowest BCUT2D eigenvalue weighted by Crippen LogP contribution is -2.48. The Balaban J connectivity index is 2.06. The van der Waals surface area contributed by atoms with Gasteiger partial charge in [0.2, 0.25) is 10.0 Å². The highest BCUT2D eigenvalue weighted by Gasteiger charge is 2.54. The van der Waals surface area contributed by atoms with E-state index in [2.05, 4.69) is 5.32 Å². The molecule has 12 heteroatoms. The Kier molecular flexibility index (Phi) is 5.49. The van der Waals surface area contributed by atoms with E-state index in [4.69, 9.17) is 5.14 Å². The SMILES string of the molecule is NS(=O)(=O)c1ccc(NC[C@H]2CC[C@](O)(C(F)(F)F)CC2)c([N+](=O)[O-])c1. The molecular weight excluding hydrogens is 379 g/mol. The number of nitro benzene ring substituents is 1. The molecule has 0 spiro atoms. The molecule has 146 valence electrons. The maximum absolute atomic E-state index is 12.8. The molecule has 0 radical (unpaired) electrons. The zero-order valence-electron chi connectivity index (χ0n) is 13.5. The Morgan fingerprint density at radius 2 is 1.92 bits per heavy atom. The van der Waals surface area contributed by atoms with Crippen LogP contribution < -0.4 is 10.5 Å². The van der Waals surface area contributed by atoms with Gasteiger partial charge in [0.1, 0.15) is 5.69 Å². The molecule has 2 rings (SSSR count). The number of hydrogen-bond acceptors (Lipinski definition) is 6. The maximum Gasteiger partial charge on any atom is 0.417 e. The van der Waals surface area contributed by atoms with Crippen molar-refractivity contribution in [1.29, 1.82) is 0 Å². The first-order valence-electron chi connectivity index (χ1n) is 7.68. The predicted octanol–water partition coefficient (Wildman–Crippen LogP) is 2.14. The summed E-state index contributed by atoms with van der Waals surface area (Å²) in [5.74, 6) is -0.213. The summed E-state index contributed by atoms with van der Waals surface area (Å²) in [6.45, 7) is 0.156. The quantitative estimate of drug-likeness (QED) is 0.514. The van der Waals surface area contributed by atoms with E-state index in [9.17, 15) is 36.8 Å². The zero-order valence-corrected chi connectivity index (χ0v) is 14.3. The van der Waals surface area contributed by atoms with Gasteiger partial charge in [0.15, 0.2) is 5.60 Å². The van der Waals surface area contributed by atoms with Gasteiger partial charge < -0.3 is 10.4 Å². The number of nitrogens with two attached hydrogens (primary N) is 1. The lowest BCUT2D eigenvalue weighted by atomic mass is 9.78. The molecule has 0 heterocycles. The smallest absolute Gasteiger partial charge is 0.380 e. The monoisotopic (exact) mass is 397 g/mol. The van der Waals surface area contributed by atoms with Gasteiger partial charge >= 0.3 is 6.18 Å². The molecule has 1 aromatic rings. The minimum atomic E-state index is -4.69. The molecule has 0 saturated heterocycles. The molecule has 1 aliphatic carbocycles. The third kappa shape index (κ3) is 4.43. The standard InChI is InChI=1S/C14H18F3N3O5S/c15-14(16,17)13(21)5-3-9(4-6-13)8-19-11-2-1-10(26(18,24)25)7-12(11)20(22)23/h1-2,7,9,19,21H,3-6,8H2,(H2,18,24,25)/t9-,13+. The number of benzene rings is 1. The maximum atomic E-state index is 12.8. The molecule has 0 atom stereocenters. The third-order valence-electron chi connectivity index (χ3n) is 4.54. The van der Waals surface area contributed by atoms with E-state index >= 15 is 0 Å². The number of halogens is 3. The summed E-state index contributed by atoms with van der Waals surface area (Å²) in [4.78, 5) is 9.93. The largest absolute Gasteiger partial charge is 0.417 e. The number of alkyl halides is 3. The van der Waals surface area contributed by atoms with E-state index < -0.39 is 50.1 Å². The summed E-state index contributed by atoms with van der Waals surface area (Å²) in [6, 6.07) is 3.11. The minimum Gasteiger partial charge on any atom is -0.380 e. The first-order chi connectivity index (χ1) is 11.8. The number of sulfonamides is 1. The van der Waals surface area contributed by atoms with Crippen LogP contribution in [0.15, 0.2) is 23.1 Å². The summed E-state index contributed by atoms with van der Waals surface area (Å²) in [7, 11) is -4.10. The number of primary sulfonamides is 1. The fraction of sp³-hybridized carbons (Fsp3) is 0.571. The van der Waals surface area contributed by atoms with Crippen LogP contribution in [0.1, 0.15) is 25.7 Å². The Bertz CT molecular complexity index is 790. The number of hydrogen-bond donors (Lipinski definition) is 3. The van der Waals surface area contributed by atoms with Crippen molar-refractivity contribution < 1.29 is 31.6 Å². The van der Waals surface area contributed by atoms with Crippen LogP contribution >= 0.6 is 0 Å².